The summed E-state index contributed by atoms with van der Waals surface area (Å²) in [6.07, 6.45) is 1.49. The SMILES string of the molecule is CCOC(=O)C(=O)Nc1nnc(CCc2ccc(OC)cc2)s1. The molecule has 0 spiro atoms. The molecule has 1 aromatic heterocycles. The van der Waals surface area contributed by atoms with Crippen molar-refractivity contribution in [3.8, 4) is 5.75 Å². The van der Waals surface area contributed by atoms with Gasteiger partial charge in [0.1, 0.15) is 10.8 Å². The Hall–Kier alpha value is -2.48. The van der Waals surface area contributed by atoms with Crippen molar-refractivity contribution in [3.63, 3.8) is 0 Å². The maximum absolute atomic E-state index is 11.5. The molecule has 1 heterocycles. The number of aryl methyl sites for hydroxylation is 2. The third kappa shape index (κ3) is 5.03. The van der Waals surface area contributed by atoms with Gasteiger partial charge in [-0.05, 0) is 31.0 Å². The number of carbonyl (C=O) groups is 2. The molecule has 23 heavy (non-hydrogen) atoms. The van der Waals surface area contributed by atoms with E-state index in [0.717, 1.165) is 22.7 Å². The smallest absolute Gasteiger partial charge is 0.397 e. The van der Waals surface area contributed by atoms with E-state index in [2.05, 4.69) is 20.3 Å². The highest BCUT2D eigenvalue weighted by atomic mass is 32.1. The van der Waals surface area contributed by atoms with Gasteiger partial charge in [0.25, 0.3) is 0 Å². The summed E-state index contributed by atoms with van der Waals surface area (Å²) in [4.78, 5) is 22.7. The Morgan fingerprint density at radius 2 is 1.91 bits per heavy atom. The molecule has 0 bridgehead atoms. The Labute approximate surface area is 137 Å². The van der Waals surface area contributed by atoms with Gasteiger partial charge in [0.05, 0.1) is 13.7 Å². The van der Waals surface area contributed by atoms with Crippen molar-refractivity contribution in [2.24, 2.45) is 0 Å². The molecule has 0 radical (unpaired) electrons. The van der Waals surface area contributed by atoms with E-state index >= 15 is 0 Å². The molecule has 1 aromatic carbocycles. The van der Waals surface area contributed by atoms with Crippen LogP contribution < -0.4 is 10.1 Å². The van der Waals surface area contributed by atoms with Gasteiger partial charge in [0, 0.05) is 6.42 Å². The van der Waals surface area contributed by atoms with Gasteiger partial charge in [-0.1, -0.05) is 23.5 Å². The molecule has 2 aromatic rings. The zero-order chi connectivity index (χ0) is 16.7. The van der Waals surface area contributed by atoms with Gasteiger partial charge in [-0.25, -0.2) is 4.79 Å². The van der Waals surface area contributed by atoms with E-state index in [9.17, 15) is 9.59 Å². The largest absolute Gasteiger partial charge is 0.497 e. The Bertz CT molecular complexity index is 670. The van der Waals surface area contributed by atoms with Gasteiger partial charge in [0.15, 0.2) is 0 Å². The summed E-state index contributed by atoms with van der Waals surface area (Å²) in [5, 5.41) is 11.3. The zero-order valence-corrected chi connectivity index (χ0v) is 13.7. The monoisotopic (exact) mass is 335 g/mol. The van der Waals surface area contributed by atoms with Crippen LogP contribution in [0.15, 0.2) is 24.3 Å². The van der Waals surface area contributed by atoms with E-state index in [-0.39, 0.29) is 11.7 Å². The second kappa shape index (κ2) is 8.23. The molecule has 0 aliphatic rings. The highest BCUT2D eigenvalue weighted by Crippen LogP contribution is 2.18. The normalized spacial score (nSPS) is 10.2. The first kappa shape index (κ1) is 16.9. The van der Waals surface area contributed by atoms with Gasteiger partial charge in [-0.2, -0.15) is 0 Å². The average molecular weight is 335 g/mol. The lowest BCUT2D eigenvalue weighted by Gasteiger charge is -2.02. The van der Waals surface area contributed by atoms with Crippen molar-refractivity contribution in [1.82, 2.24) is 10.2 Å². The number of nitrogens with zero attached hydrogens (tertiary/aromatic N) is 2. The molecular weight excluding hydrogens is 318 g/mol. The number of amides is 1. The number of anilines is 1. The zero-order valence-electron chi connectivity index (χ0n) is 12.9. The average Bonchev–Trinajstić information content (AvgIpc) is 3.01. The maximum Gasteiger partial charge on any atom is 0.397 e. The molecule has 0 aliphatic heterocycles. The van der Waals surface area contributed by atoms with Gasteiger partial charge >= 0.3 is 11.9 Å². The van der Waals surface area contributed by atoms with Gasteiger partial charge in [0.2, 0.25) is 5.13 Å². The van der Waals surface area contributed by atoms with Crippen LogP contribution >= 0.6 is 11.3 Å². The number of esters is 1. The fourth-order valence-corrected chi connectivity index (χ4v) is 2.53. The molecule has 7 nitrogen and oxygen atoms in total. The van der Waals surface area contributed by atoms with E-state index in [0.29, 0.717) is 6.42 Å². The van der Waals surface area contributed by atoms with Crippen LogP contribution in [-0.4, -0.2) is 35.8 Å². The molecule has 0 aliphatic carbocycles. The summed E-state index contributed by atoms with van der Waals surface area (Å²) in [5.41, 5.74) is 1.15. The highest BCUT2D eigenvalue weighted by Gasteiger charge is 2.17. The summed E-state index contributed by atoms with van der Waals surface area (Å²) in [5.74, 6) is -0.958. The number of methoxy groups -OCH3 is 1. The fourth-order valence-electron chi connectivity index (χ4n) is 1.79. The van der Waals surface area contributed by atoms with Crippen LogP contribution in [0.25, 0.3) is 0 Å². The van der Waals surface area contributed by atoms with E-state index < -0.39 is 11.9 Å². The molecule has 0 saturated heterocycles. The summed E-state index contributed by atoms with van der Waals surface area (Å²) >= 11 is 1.24. The molecule has 8 heteroatoms. The third-order valence-corrected chi connectivity index (χ3v) is 3.83. The lowest BCUT2D eigenvalue weighted by molar-refractivity contribution is -0.152. The Balaban J connectivity index is 1.86. The molecule has 0 atom stereocenters. The lowest BCUT2D eigenvalue weighted by atomic mass is 10.1. The summed E-state index contributed by atoms with van der Waals surface area (Å²) < 4.78 is 9.71. The van der Waals surface area contributed by atoms with Crippen molar-refractivity contribution in [2.75, 3.05) is 19.0 Å². The molecule has 0 fully saturated rings. The molecule has 2 rings (SSSR count). The van der Waals surface area contributed by atoms with Crippen molar-refractivity contribution in [3.05, 3.63) is 34.8 Å². The van der Waals surface area contributed by atoms with Crippen LogP contribution in [0, 0.1) is 0 Å². The summed E-state index contributed by atoms with van der Waals surface area (Å²) in [7, 11) is 1.63. The predicted octanol–water partition coefficient (Wildman–Crippen LogP) is 1.83. The quantitative estimate of drug-likeness (QED) is 0.640. The van der Waals surface area contributed by atoms with E-state index in [1.54, 1.807) is 14.0 Å². The fraction of sp³-hybridized carbons (Fsp3) is 0.333. The Morgan fingerprint density at radius 3 is 2.57 bits per heavy atom. The number of carbonyl (C=O) groups excluding carboxylic acids is 2. The number of hydrogen-bond acceptors (Lipinski definition) is 7. The van der Waals surface area contributed by atoms with Crippen molar-refractivity contribution < 1.29 is 19.1 Å². The van der Waals surface area contributed by atoms with Crippen LogP contribution in [-0.2, 0) is 27.2 Å². The minimum absolute atomic E-state index is 0.148. The predicted molar refractivity (Wildman–Crippen MR) is 85.6 cm³/mol. The van der Waals surface area contributed by atoms with Gasteiger partial charge in [-0.3, -0.25) is 10.1 Å². The summed E-state index contributed by atoms with van der Waals surface area (Å²) in [6.45, 7) is 1.78. The first-order valence-electron chi connectivity index (χ1n) is 7.05. The molecule has 0 unspecified atom stereocenters. The molecular formula is C15H17N3O4S. The van der Waals surface area contributed by atoms with Crippen LogP contribution in [0.1, 0.15) is 17.5 Å². The van der Waals surface area contributed by atoms with Crippen LogP contribution in [0.5, 0.6) is 5.75 Å². The minimum atomic E-state index is -0.928. The Morgan fingerprint density at radius 1 is 1.17 bits per heavy atom. The third-order valence-electron chi connectivity index (χ3n) is 2.93. The van der Waals surface area contributed by atoms with Crippen molar-refractivity contribution in [2.45, 2.75) is 19.8 Å². The van der Waals surface area contributed by atoms with Crippen molar-refractivity contribution in [1.29, 1.82) is 0 Å². The van der Waals surface area contributed by atoms with E-state index in [4.69, 9.17) is 4.74 Å². The topological polar surface area (TPSA) is 90.4 Å². The lowest BCUT2D eigenvalue weighted by Crippen LogP contribution is -2.24. The van der Waals surface area contributed by atoms with Gasteiger partial charge < -0.3 is 9.47 Å². The first-order valence-corrected chi connectivity index (χ1v) is 7.87. The number of benzene rings is 1. The number of hydrogen-bond donors (Lipinski definition) is 1. The van der Waals surface area contributed by atoms with Gasteiger partial charge in [-0.15, -0.1) is 10.2 Å². The molecule has 1 N–H and O–H groups in total. The number of aromatic nitrogens is 2. The van der Waals surface area contributed by atoms with Crippen LogP contribution in [0.3, 0.4) is 0 Å². The second-order valence-electron chi connectivity index (χ2n) is 4.52. The second-order valence-corrected chi connectivity index (χ2v) is 5.59. The maximum atomic E-state index is 11.5. The van der Waals surface area contributed by atoms with Crippen LogP contribution in [0.4, 0.5) is 5.13 Å². The van der Waals surface area contributed by atoms with E-state index in [1.807, 2.05) is 24.3 Å². The first-order chi connectivity index (χ1) is 11.1. The molecule has 0 saturated carbocycles. The number of ether oxygens (including phenoxy) is 2. The highest BCUT2D eigenvalue weighted by molar-refractivity contribution is 7.15. The number of rotatable bonds is 6. The van der Waals surface area contributed by atoms with E-state index in [1.165, 1.54) is 11.3 Å². The van der Waals surface area contributed by atoms with Crippen LogP contribution in [0.2, 0.25) is 0 Å². The standard InChI is InChI=1S/C15H17N3O4S/c1-3-22-14(20)13(19)16-15-18-17-12(23-15)9-6-10-4-7-11(21-2)8-5-10/h4-5,7-8H,3,6,9H2,1-2H3,(H,16,18,19). The molecule has 1 amide bonds. The van der Waals surface area contributed by atoms with Crippen molar-refractivity contribution >= 4 is 28.3 Å². The minimum Gasteiger partial charge on any atom is -0.497 e. The number of nitrogens with one attached hydrogen (secondary N) is 1. The molecule has 122 valence electrons. The summed E-state index contributed by atoms with van der Waals surface area (Å²) in [6, 6.07) is 7.79. The Kier molecular flexibility index (Phi) is 6.04.